The Morgan fingerprint density at radius 2 is 2.11 bits per heavy atom. The van der Waals surface area contributed by atoms with Gasteiger partial charge in [-0.25, -0.2) is 4.79 Å². The van der Waals surface area contributed by atoms with E-state index in [1.54, 1.807) is 6.08 Å². The molecule has 0 radical (unpaired) electrons. The van der Waals surface area contributed by atoms with Crippen LogP contribution in [0.2, 0.25) is 0 Å². The van der Waals surface area contributed by atoms with E-state index >= 15 is 0 Å². The van der Waals surface area contributed by atoms with Crippen LogP contribution in [-0.4, -0.2) is 25.3 Å². The molecule has 0 bridgehead atoms. The van der Waals surface area contributed by atoms with E-state index in [1.165, 1.54) is 6.42 Å². The predicted molar refractivity (Wildman–Crippen MR) is 76.8 cm³/mol. The molecule has 0 amide bonds. The number of carbonyl (C=O) groups excluding carboxylic acids is 1. The average Bonchev–Trinajstić information content (AvgIpc) is 2.26. The first-order valence-corrected chi connectivity index (χ1v) is 6.91. The molecule has 0 aromatic rings. The van der Waals surface area contributed by atoms with Crippen LogP contribution in [0, 0.1) is 11.3 Å². The van der Waals surface area contributed by atoms with Gasteiger partial charge in [-0.1, -0.05) is 33.4 Å². The fraction of sp³-hybridized carbons (Fsp3) is 0.688. The van der Waals surface area contributed by atoms with Gasteiger partial charge in [0, 0.05) is 0 Å². The average molecular weight is 266 g/mol. The van der Waals surface area contributed by atoms with Crippen LogP contribution in [0.1, 0.15) is 40.0 Å². The first-order valence-electron chi connectivity index (χ1n) is 6.91. The van der Waals surface area contributed by atoms with E-state index in [9.17, 15) is 4.79 Å². The van der Waals surface area contributed by atoms with Crippen molar-refractivity contribution in [3.8, 4) is 0 Å². The van der Waals surface area contributed by atoms with Gasteiger partial charge in [0.2, 0.25) is 0 Å². The number of hydrogen-bond donors (Lipinski definition) is 0. The second kappa shape index (κ2) is 6.90. The first-order chi connectivity index (χ1) is 8.84. The van der Waals surface area contributed by atoms with Gasteiger partial charge in [0.1, 0.15) is 6.10 Å². The molecule has 1 rings (SSSR count). The van der Waals surface area contributed by atoms with Crippen molar-refractivity contribution >= 4 is 5.97 Å². The summed E-state index contributed by atoms with van der Waals surface area (Å²) >= 11 is 0. The number of esters is 1. The van der Waals surface area contributed by atoms with Crippen LogP contribution in [-0.2, 0) is 14.3 Å². The van der Waals surface area contributed by atoms with E-state index in [0.717, 1.165) is 12.8 Å². The largest absolute Gasteiger partial charge is 0.459 e. The topological polar surface area (TPSA) is 35.5 Å². The highest BCUT2D eigenvalue weighted by atomic mass is 16.5. The zero-order valence-corrected chi connectivity index (χ0v) is 12.4. The summed E-state index contributed by atoms with van der Waals surface area (Å²) in [5, 5.41) is 0. The van der Waals surface area contributed by atoms with E-state index in [1.807, 2.05) is 0 Å². The van der Waals surface area contributed by atoms with Crippen molar-refractivity contribution in [2.24, 2.45) is 11.3 Å². The second-order valence-electron chi connectivity index (χ2n) is 6.35. The van der Waals surface area contributed by atoms with Gasteiger partial charge in [-0.15, -0.1) is 6.58 Å². The Morgan fingerprint density at radius 3 is 2.68 bits per heavy atom. The smallest absolute Gasteiger partial charge is 0.336 e. The molecular formula is C16H26O3. The van der Waals surface area contributed by atoms with Gasteiger partial charge in [0.05, 0.1) is 18.8 Å². The summed E-state index contributed by atoms with van der Waals surface area (Å²) in [7, 11) is 0. The van der Waals surface area contributed by atoms with Crippen LogP contribution in [0.4, 0.5) is 0 Å². The van der Waals surface area contributed by atoms with Gasteiger partial charge in [-0.3, -0.25) is 0 Å². The lowest BCUT2D eigenvalue weighted by Crippen LogP contribution is -2.34. The van der Waals surface area contributed by atoms with Crippen LogP contribution in [0.25, 0.3) is 0 Å². The summed E-state index contributed by atoms with van der Waals surface area (Å²) in [6.07, 6.45) is 4.69. The van der Waals surface area contributed by atoms with Crippen LogP contribution in [0.5, 0.6) is 0 Å². The van der Waals surface area contributed by atoms with Crippen LogP contribution in [0.3, 0.4) is 0 Å². The Kier molecular flexibility index (Phi) is 5.80. The Balaban J connectivity index is 2.43. The summed E-state index contributed by atoms with van der Waals surface area (Å²) in [6, 6.07) is 0. The van der Waals surface area contributed by atoms with Crippen molar-refractivity contribution in [2.75, 3.05) is 13.2 Å². The number of carbonyl (C=O) groups is 1. The molecule has 0 spiro atoms. The monoisotopic (exact) mass is 266 g/mol. The van der Waals surface area contributed by atoms with E-state index in [-0.39, 0.29) is 24.1 Å². The van der Waals surface area contributed by atoms with Crippen LogP contribution >= 0.6 is 0 Å². The molecule has 0 aliphatic heterocycles. The maximum Gasteiger partial charge on any atom is 0.336 e. The molecule has 1 aliphatic carbocycles. The van der Waals surface area contributed by atoms with E-state index in [0.29, 0.717) is 18.1 Å². The number of hydrogen-bond acceptors (Lipinski definition) is 3. The van der Waals surface area contributed by atoms with Gasteiger partial charge < -0.3 is 9.47 Å². The molecule has 1 saturated carbocycles. The molecule has 3 nitrogen and oxygen atoms in total. The third-order valence-electron chi connectivity index (χ3n) is 3.42. The Labute approximate surface area is 116 Å². The van der Waals surface area contributed by atoms with Crippen molar-refractivity contribution in [3.63, 3.8) is 0 Å². The first kappa shape index (κ1) is 16.0. The molecule has 3 heteroatoms. The molecule has 2 atom stereocenters. The second-order valence-corrected chi connectivity index (χ2v) is 6.35. The summed E-state index contributed by atoms with van der Waals surface area (Å²) in [5.74, 6) is 0.255. The Hall–Kier alpha value is -1.09. The highest BCUT2D eigenvalue weighted by molar-refractivity contribution is 5.88. The van der Waals surface area contributed by atoms with Gasteiger partial charge in [0.15, 0.2) is 0 Å². The fourth-order valence-electron chi connectivity index (χ4n) is 2.91. The lowest BCUT2D eigenvalue weighted by Gasteiger charge is -2.38. The lowest BCUT2D eigenvalue weighted by atomic mass is 9.71. The van der Waals surface area contributed by atoms with Gasteiger partial charge in [0.25, 0.3) is 0 Å². The van der Waals surface area contributed by atoms with Crippen LogP contribution in [0.15, 0.2) is 24.8 Å². The third kappa shape index (κ3) is 5.60. The lowest BCUT2D eigenvalue weighted by molar-refractivity contribution is -0.149. The summed E-state index contributed by atoms with van der Waals surface area (Å²) in [6.45, 7) is 14.6. The van der Waals surface area contributed by atoms with Gasteiger partial charge >= 0.3 is 5.97 Å². The number of ether oxygens (including phenoxy) is 2. The van der Waals surface area contributed by atoms with Crippen molar-refractivity contribution < 1.29 is 14.3 Å². The van der Waals surface area contributed by atoms with E-state index < -0.39 is 0 Å². The Morgan fingerprint density at radius 1 is 1.42 bits per heavy atom. The zero-order chi connectivity index (χ0) is 14.5. The minimum absolute atomic E-state index is 0.00223. The summed E-state index contributed by atoms with van der Waals surface area (Å²) < 4.78 is 10.7. The van der Waals surface area contributed by atoms with Crippen molar-refractivity contribution in [2.45, 2.75) is 46.1 Å². The molecule has 108 valence electrons. The molecule has 0 saturated heterocycles. The quantitative estimate of drug-likeness (QED) is 0.319. The normalized spacial score (nSPS) is 25.6. The van der Waals surface area contributed by atoms with Crippen molar-refractivity contribution in [1.82, 2.24) is 0 Å². The molecular weight excluding hydrogens is 240 g/mol. The minimum atomic E-state index is -0.334. The van der Waals surface area contributed by atoms with Crippen LogP contribution < -0.4 is 0 Å². The maximum absolute atomic E-state index is 11.9. The van der Waals surface area contributed by atoms with Gasteiger partial charge in [-0.05, 0) is 30.6 Å². The predicted octanol–water partition coefficient (Wildman–Crippen LogP) is 3.50. The standard InChI is InChI=1S/C16H26O3/c1-6-7-18-11-13(3)15(17)19-14-8-12(2)9-16(4,5)10-14/h6,12,14H,1,3,7-11H2,2,4-5H3. The SMILES string of the molecule is C=CCOCC(=C)C(=O)OC1CC(C)CC(C)(C)C1. The molecule has 1 aliphatic rings. The third-order valence-corrected chi connectivity index (χ3v) is 3.42. The summed E-state index contributed by atoms with van der Waals surface area (Å²) in [4.78, 5) is 11.9. The number of rotatable bonds is 6. The van der Waals surface area contributed by atoms with E-state index in [4.69, 9.17) is 9.47 Å². The summed E-state index contributed by atoms with van der Waals surface area (Å²) in [5.41, 5.74) is 0.612. The molecule has 0 aromatic carbocycles. The van der Waals surface area contributed by atoms with E-state index in [2.05, 4.69) is 33.9 Å². The molecule has 1 fully saturated rings. The molecule has 2 unspecified atom stereocenters. The maximum atomic E-state index is 11.9. The van der Waals surface area contributed by atoms with Gasteiger partial charge in [-0.2, -0.15) is 0 Å². The minimum Gasteiger partial charge on any atom is -0.459 e. The zero-order valence-electron chi connectivity index (χ0n) is 12.4. The highest BCUT2D eigenvalue weighted by Crippen LogP contribution is 2.39. The molecule has 0 heterocycles. The molecule has 0 aromatic heterocycles. The highest BCUT2D eigenvalue weighted by Gasteiger charge is 2.34. The molecule has 19 heavy (non-hydrogen) atoms. The molecule has 0 N–H and O–H groups in total. The fourth-order valence-corrected chi connectivity index (χ4v) is 2.91. The Bertz CT molecular complexity index is 344. The van der Waals surface area contributed by atoms with Crippen molar-refractivity contribution in [3.05, 3.63) is 24.8 Å². The van der Waals surface area contributed by atoms with Crippen molar-refractivity contribution in [1.29, 1.82) is 0 Å².